The van der Waals surface area contributed by atoms with Crippen LogP contribution >= 0.6 is 34.9 Å². The summed E-state index contributed by atoms with van der Waals surface area (Å²) in [5.74, 6) is 1.79. The van der Waals surface area contributed by atoms with Crippen LogP contribution in [0.5, 0.6) is 0 Å². The monoisotopic (exact) mass is 401 g/mol. The number of carbonyl (C=O) groups is 1. The van der Waals surface area contributed by atoms with Crippen LogP contribution in [0.2, 0.25) is 0 Å². The quantitative estimate of drug-likeness (QED) is 0.499. The van der Waals surface area contributed by atoms with Crippen LogP contribution in [0.15, 0.2) is 63.3 Å². The third-order valence-corrected chi connectivity index (χ3v) is 6.89. The molecule has 7 heteroatoms. The first kappa shape index (κ1) is 18.9. The van der Waals surface area contributed by atoms with E-state index in [1.807, 2.05) is 54.6 Å². The van der Waals surface area contributed by atoms with Crippen LogP contribution in [-0.2, 0) is 5.75 Å². The molecule has 3 rings (SSSR count). The predicted octanol–water partition coefficient (Wildman–Crippen LogP) is 5.58. The van der Waals surface area contributed by atoms with Crippen molar-refractivity contribution < 1.29 is 4.79 Å². The van der Waals surface area contributed by atoms with Crippen molar-refractivity contribution >= 4 is 46.5 Å². The minimum absolute atomic E-state index is 0.0999. The van der Waals surface area contributed by atoms with Gasteiger partial charge in [-0.15, -0.1) is 10.2 Å². The number of hydrogen-bond acceptors (Lipinski definition) is 6. The number of nitrogens with zero attached hydrogens (tertiary/aromatic N) is 2. The fourth-order valence-corrected chi connectivity index (χ4v) is 5.03. The Morgan fingerprint density at radius 3 is 2.38 bits per heavy atom. The second kappa shape index (κ2) is 9.75. The number of anilines is 1. The SMILES string of the molecule is CCCSc1nnc(SCc2ccc(C(=O)Nc3ccccc3)cc2)s1. The van der Waals surface area contributed by atoms with Crippen molar-refractivity contribution in [1.82, 2.24) is 10.2 Å². The highest BCUT2D eigenvalue weighted by atomic mass is 32.2. The molecule has 0 saturated carbocycles. The first-order chi connectivity index (χ1) is 12.7. The van der Waals surface area contributed by atoms with E-state index in [-0.39, 0.29) is 5.91 Å². The van der Waals surface area contributed by atoms with Gasteiger partial charge in [-0.05, 0) is 36.2 Å². The summed E-state index contributed by atoms with van der Waals surface area (Å²) in [5, 5.41) is 11.3. The van der Waals surface area contributed by atoms with E-state index in [0.717, 1.165) is 37.9 Å². The van der Waals surface area contributed by atoms with E-state index in [1.165, 1.54) is 0 Å². The van der Waals surface area contributed by atoms with E-state index in [4.69, 9.17) is 0 Å². The van der Waals surface area contributed by atoms with Crippen LogP contribution in [0.25, 0.3) is 0 Å². The molecule has 0 aliphatic rings. The third-order valence-electron chi connectivity index (χ3n) is 3.43. The fourth-order valence-electron chi connectivity index (χ4n) is 2.13. The molecule has 0 saturated heterocycles. The highest BCUT2D eigenvalue weighted by Gasteiger charge is 2.08. The van der Waals surface area contributed by atoms with Crippen molar-refractivity contribution in [2.45, 2.75) is 27.8 Å². The molecule has 1 N–H and O–H groups in total. The Morgan fingerprint density at radius 1 is 1.00 bits per heavy atom. The molecule has 2 aromatic carbocycles. The highest BCUT2D eigenvalue weighted by Crippen LogP contribution is 2.30. The molecule has 3 aromatic rings. The van der Waals surface area contributed by atoms with Gasteiger partial charge in [0.15, 0.2) is 8.68 Å². The molecule has 1 aromatic heterocycles. The van der Waals surface area contributed by atoms with E-state index in [2.05, 4.69) is 22.4 Å². The first-order valence-corrected chi connectivity index (χ1v) is 11.1. The van der Waals surface area contributed by atoms with Crippen molar-refractivity contribution in [2.75, 3.05) is 11.1 Å². The Bertz CT molecular complexity index is 835. The van der Waals surface area contributed by atoms with E-state index in [1.54, 1.807) is 34.9 Å². The van der Waals surface area contributed by atoms with Crippen molar-refractivity contribution in [3.8, 4) is 0 Å². The number of carbonyl (C=O) groups excluding carboxylic acids is 1. The van der Waals surface area contributed by atoms with Crippen LogP contribution in [-0.4, -0.2) is 21.9 Å². The van der Waals surface area contributed by atoms with Crippen LogP contribution in [0.4, 0.5) is 5.69 Å². The third kappa shape index (κ3) is 5.59. The minimum atomic E-state index is -0.0999. The summed E-state index contributed by atoms with van der Waals surface area (Å²) in [6, 6.07) is 17.2. The maximum atomic E-state index is 12.3. The van der Waals surface area contributed by atoms with Gasteiger partial charge in [0.2, 0.25) is 0 Å². The van der Waals surface area contributed by atoms with E-state index >= 15 is 0 Å². The average Bonchev–Trinajstić information content (AvgIpc) is 3.14. The molecule has 0 radical (unpaired) electrons. The molecule has 0 atom stereocenters. The van der Waals surface area contributed by atoms with E-state index in [0.29, 0.717) is 5.56 Å². The number of rotatable bonds is 8. The van der Waals surface area contributed by atoms with E-state index < -0.39 is 0 Å². The number of nitrogens with one attached hydrogen (secondary N) is 1. The zero-order valence-electron chi connectivity index (χ0n) is 14.3. The number of aromatic nitrogens is 2. The molecular weight excluding hydrogens is 382 g/mol. The van der Waals surface area contributed by atoms with Gasteiger partial charge >= 0.3 is 0 Å². The standard InChI is InChI=1S/C19H19N3OS3/c1-2-12-24-18-21-22-19(26-18)25-13-14-8-10-15(11-9-14)17(23)20-16-6-4-3-5-7-16/h3-11H,2,12-13H2,1H3,(H,20,23). The highest BCUT2D eigenvalue weighted by molar-refractivity contribution is 8.02. The summed E-state index contributed by atoms with van der Waals surface area (Å²) in [6.07, 6.45) is 1.14. The molecule has 0 spiro atoms. The van der Waals surface area contributed by atoms with Gasteiger partial charge in [0, 0.05) is 22.8 Å². The van der Waals surface area contributed by atoms with Gasteiger partial charge in [-0.25, -0.2) is 0 Å². The number of benzene rings is 2. The molecule has 26 heavy (non-hydrogen) atoms. The van der Waals surface area contributed by atoms with Gasteiger partial charge in [0.05, 0.1) is 0 Å². The largest absolute Gasteiger partial charge is 0.322 e. The van der Waals surface area contributed by atoms with Gasteiger partial charge in [-0.3, -0.25) is 4.79 Å². The lowest BCUT2D eigenvalue weighted by atomic mass is 10.1. The number of thioether (sulfide) groups is 2. The summed E-state index contributed by atoms with van der Waals surface area (Å²) < 4.78 is 2.01. The molecule has 1 heterocycles. The maximum absolute atomic E-state index is 12.3. The number of hydrogen-bond donors (Lipinski definition) is 1. The molecule has 0 aliphatic heterocycles. The predicted molar refractivity (Wildman–Crippen MR) is 111 cm³/mol. The van der Waals surface area contributed by atoms with Gasteiger partial charge in [0.25, 0.3) is 5.91 Å². The fraction of sp³-hybridized carbons (Fsp3) is 0.211. The first-order valence-electron chi connectivity index (χ1n) is 8.29. The van der Waals surface area contributed by atoms with Gasteiger partial charge < -0.3 is 5.32 Å². The Morgan fingerprint density at radius 2 is 1.69 bits per heavy atom. The summed E-state index contributed by atoms with van der Waals surface area (Å²) in [5.41, 5.74) is 2.60. The molecule has 4 nitrogen and oxygen atoms in total. The van der Waals surface area contributed by atoms with Crippen LogP contribution < -0.4 is 5.32 Å². The Labute approximate surface area is 165 Å². The number of para-hydroxylation sites is 1. The van der Waals surface area contributed by atoms with Crippen LogP contribution in [0, 0.1) is 0 Å². The molecule has 0 bridgehead atoms. The Kier molecular flexibility index (Phi) is 7.11. The second-order valence-corrected chi connectivity index (χ2v) is 9.03. The van der Waals surface area contributed by atoms with Crippen LogP contribution in [0.1, 0.15) is 29.3 Å². The van der Waals surface area contributed by atoms with Gasteiger partial charge in [0.1, 0.15) is 0 Å². The Balaban J connectivity index is 1.52. The summed E-state index contributed by atoms with van der Waals surface area (Å²) in [7, 11) is 0. The summed E-state index contributed by atoms with van der Waals surface area (Å²) in [6.45, 7) is 2.16. The lowest BCUT2D eigenvalue weighted by molar-refractivity contribution is 0.102. The number of amides is 1. The van der Waals surface area contributed by atoms with Crippen molar-refractivity contribution in [3.05, 3.63) is 65.7 Å². The lowest BCUT2D eigenvalue weighted by Crippen LogP contribution is -2.11. The zero-order valence-corrected chi connectivity index (χ0v) is 16.8. The maximum Gasteiger partial charge on any atom is 0.255 e. The molecule has 0 fully saturated rings. The normalized spacial score (nSPS) is 10.7. The van der Waals surface area contributed by atoms with Crippen LogP contribution in [0.3, 0.4) is 0 Å². The molecular formula is C19H19N3OS3. The second-order valence-electron chi connectivity index (χ2n) is 5.49. The molecule has 0 unspecified atom stereocenters. The smallest absolute Gasteiger partial charge is 0.255 e. The van der Waals surface area contributed by atoms with Crippen molar-refractivity contribution in [3.63, 3.8) is 0 Å². The van der Waals surface area contributed by atoms with Crippen molar-refractivity contribution in [1.29, 1.82) is 0 Å². The average molecular weight is 402 g/mol. The van der Waals surface area contributed by atoms with Crippen molar-refractivity contribution in [2.24, 2.45) is 0 Å². The summed E-state index contributed by atoms with van der Waals surface area (Å²) in [4.78, 5) is 12.3. The lowest BCUT2D eigenvalue weighted by Gasteiger charge is -2.06. The van der Waals surface area contributed by atoms with Gasteiger partial charge in [-0.2, -0.15) is 0 Å². The van der Waals surface area contributed by atoms with E-state index in [9.17, 15) is 4.79 Å². The minimum Gasteiger partial charge on any atom is -0.322 e. The van der Waals surface area contributed by atoms with Gasteiger partial charge in [-0.1, -0.05) is 72.1 Å². The Hall–Kier alpha value is -1.83. The molecule has 134 valence electrons. The molecule has 1 amide bonds. The molecule has 0 aliphatic carbocycles. The zero-order chi connectivity index (χ0) is 18.2. The topological polar surface area (TPSA) is 54.9 Å². The summed E-state index contributed by atoms with van der Waals surface area (Å²) >= 11 is 5.07.